The standard InChI is InChI=1S/C19H32N6O.HI/c1-15-23-24-18(25(15)2)14-22-19(21-13-17-9-6-12-26-17)20-11-10-16-7-4-3-5-8-16;/h7,17H,3-6,8-14H2,1-2H3,(H2,20,21,22);1H. The van der Waals surface area contributed by atoms with E-state index in [4.69, 9.17) is 9.73 Å². The molecule has 1 aliphatic heterocycles. The topological polar surface area (TPSA) is 76.4 Å². The highest BCUT2D eigenvalue weighted by Crippen LogP contribution is 2.19. The Balaban J connectivity index is 0.00000261. The number of nitrogens with zero attached hydrogens (tertiary/aromatic N) is 4. The van der Waals surface area contributed by atoms with Gasteiger partial charge in [-0.25, -0.2) is 4.99 Å². The number of hydrogen-bond donors (Lipinski definition) is 2. The third-order valence-electron chi connectivity index (χ3n) is 5.21. The van der Waals surface area contributed by atoms with Crippen LogP contribution in [0.15, 0.2) is 16.6 Å². The highest BCUT2D eigenvalue weighted by molar-refractivity contribution is 14.0. The van der Waals surface area contributed by atoms with Gasteiger partial charge in [-0.05, 0) is 51.9 Å². The summed E-state index contributed by atoms with van der Waals surface area (Å²) >= 11 is 0. The Kier molecular flexibility index (Phi) is 9.53. The minimum Gasteiger partial charge on any atom is -0.376 e. The number of allylic oxidation sites excluding steroid dienone is 1. The lowest BCUT2D eigenvalue weighted by molar-refractivity contribution is 0.114. The van der Waals surface area contributed by atoms with E-state index in [-0.39, 0.29) is 24.0 Å². The van der Waals surface area contributed by atoms with Crippen molar-refractivity contribution in [2.75, 3.05) is 19.7 Å². The first-order chi connectivity index (χ1) is 12.7. The summed E-state index contributed by atoms with van der Waals surface area (Å²) < 4.78 is 7.69. The molecule has 0 aromatic carbocycles. The van der Waals surface area contributed by atoms with E-state index in [1.165, 1.54) is 25.7 Å². The fraction of sp³-hybridized carbons (Fsp3) is 0.737. The van der Waals surface area contributed by atoms with Crippen LogP contribution in [0.25, 0.3) is 0 Å². The Morgan fingerprint density at radius 1 is 1.30 bits per heavy atom. The van der Waals surface area contributed by atoms with Crippen LogP contribution in [-0.2, 0) is 18.3 Å². The summed E-state index contributed by atoms with van der Waals surface area (Å²) in [6, 6.07) is 0. The molecule has 7 nitrogen and oxygen atoms in total. The third kappa shape index (κ3) is 7.06. The molecule has 1 aliphatic carbocycles. The first-order valence-corrected chi connectivity index (χ1v) is 9.89. The van der Waals surface area contributed by atoms with Gasteiger partial charge in [0.2, 0.25) is 0 Å². The zero-order chi connectivity index (χ0) is 18.2. The van der Waals surface area contributed by atoms with Gasteiger partial charge in [0, 0.05) is 26.7 Å². The zero-order valence-corrected chi connectivity index (χ0v) is 18.9. The molecule has 1 fully saturated rings. The number of halogens is 1. The Bertz CT molecular complexity index is 636. The highest BCUT2D eigenvalue weighted by atomic mass is 127. The summed E-state index contributed by atoms with van der Waals surface area (Å²) in [5.74, 6) is 2.61. The van der Waals surface area contributed by atoms with E-state index in [1.807, 2.05) is 18.5 Å². The fourth-order valence-corrected chi connectivity index (χ4v) is 3.40. The molecule has 1 atom stereocenters. The van der Waals surface area contributed by atoms with E-state index in [2.05, 4.69) is 26.9 Å². The number of aromatic nitrogens is 3. The van der Waals surface area contributed by atoms with Gasteiger partial charge < -0.3 is 19.9 Å². The largest absolute Gasteiger partial charge is 0.376 e. The number of aliphatic imine (C=N–C) groups is 1. The molecule has 0 spiro atoms. The summed E-state index contributed by atoms with van der Waals surface area (Å²) in [6.45, 7) is 5.04. The maximum Gasteiger partial charge on any atom is 0.191 e. The monoisotopic (exact) mass is 488 g/mol. The molecule has 1 aromatic heterocycles. The summed E-state index contributed by atoms with van der Waals surface area (Å²) in [6.07, 6.45) is 11.2. The molecular formula is C19H33IN6O. The Hall–Kier alpha value is -1.16. The molecule has 1 unspecified atom stereocenters. The molecular weight excluding hydrogens is 455 g/mol. The SMILES string of the molecule is Cc1nnc(CN=C(NCCC2=CCCCC2)NCC2CCCO2)n1C.I. The van der Waals surface area contributed by atoms with Gasteiger partial charge in [0.1, 0.15) is 12.4 Å². The molecule has 0 radical (unpaired) electrons. The average Bonchev–Trinajstić information content (AvgIpc) is 3.29. The van der Waals surface area contributed by atoms with Crippen molar-refractivity contribution in [3.05, 3.63) is 23.3 Å². The molecule has 8 heteroatoms. The van der Waals surface area contributed by atoms with Crippen molar-refractivity contribution >= 4 is 29.9 Å². The first-order valence-electron chi connectivity index (χ1n) is 9.89. The first kappa shape index (κ1) is 22.1. The van der Waals surface area contributed by atoms with Crippen LogP contribution < -0.4 is 10.6 Å². The zero-order valence-electron chi connectivity index (χ0n) is 16.5. The second-order valence-corrected chi connectivity index (χ2v) is 7.19. The van der Waals surface area contributed by atoms with Gasteiger partial charge >= 0.3 is 0 Å². The van der Waals surface area contributed by atoms with Crippen molar-refractivity contribution in [3.8, 4) is 0 Å². The Labute approximate surface area is 179 Å². The van der Waals surface area contributed by atoms with E-state index >= 15 is 0 Å². The Morgan fingerprint density at radius 3 is 2.85 bits per heavy atom. The summed E-state index contributed by atoms with van der Waals surface area (Å²) in [5, 5.41) is 15.2. The minimum absolute atomic E-state index is 0. The van der Waals surface area contributed by atoms with Crippen LogP contribution in [-0.4, -0.2) is 46.5 Å². The second kappa shape index (κ2) is 11.6. The summed E-state index contributed by atoms with van der Waals surface area (Å²) in [5.41, 5.74) is 1.58. The van der Waals surface area contributed by atoms with Crippen molar-refractivity contribution in [3.63, 3.8) is 0 Å². The van der Waals surface area contributed by atoms with Gasteiger partial charge in [-0.2, -0.15) is 0 Å². The molecule has 152 valence electrons. The predicted molar refractivity (Wildman–Crippen MR) is 118 cm³/mol. The lowest BCUT2D eigenvalue weighted by Crippen LogP contribution is -2.41. The Morgan fingerprint density at radius 2 is 2.19 bits per heavy atom. The van der Waals surface area contributed by atoms with Gasteiger partial charge in [-0.15, -0.1) is 34.2 Å². The highest BCUT2D eigenvalue weighted by Gasteiger charge is 2.16. The molecule has 2 aliphatic rings. The van der Waals surface area contributed by atoms with Gasteiger partial charge in [-0.1, -0.05) is 11.6 Å². The number of hydrogen-bond acceptors (Lipinski definition) is 4. The molecule has 0 amide bonds. The quantitative estimate of drug-likeness (QED) is 0.267. The van der Waals surface area contributed by atoms with Crippen molar-refractivity contribution in [1.82, 2.24) is 25.4 Å². The van der Waals surface area contributed by atoms with Crippen LogP contribution in [0.2, 0.25) is 0 Å². The molecule has 3 rings (SSSR count). The summed E-state index contributed by atoms with van der Waals surface area (Å²) in [7, 11) is 1.97. The van der Waals surface area contributed by atoms with Gasteiger partial charge in [0.15, 0.2) is 11.8 Å². The number of nitrogens with one attached hydrogen (secondary N) is 2. The molecule has 1 aromatic rings. The van der Waals surface area contributed by atoms with Gasteiger partial charge in [-0.3, -0.25) is 0 Å². The van der Waals surface area contributed by atoms with E-state index in [0.717, 1.165) is 56.6 Å². The molecule has 0 saturated carbocycles. The molecule has 27 heavy (non-hydrogen) atoms. The van der Waals surface area contributed by atoms with Crippen LogP contribution in [0.5, 0.6) is 0 Å². The maximum absolute atomic E-state index is 5.71. The van der Waals surface area contributed by atoms with Crippen LogP contribution >= 0.6 is 24.0 Å². The van der Waals surface area contributed by atoms with Crippen molar-refractivity contribution in [1.29, 1.82) is 0 Å². The lowest BCUT2D eigenvalue weighted by Gasteiger charge is -2.17. The van der Waals surface area contributed by atoms with E-state index in [1.54, 1.807) is 5.57 Å². The van der Waals surface area contributed by atoms with Crippen LogP contribution in [0.3, 0.4) is 0 Å². The molecule has 1 saturated heterocycles. The fourth-order valence-electron chi connectivity index (χ4n) is 3.40. The molecule has 2 N–H and O–H groups in total. The van der Waals surface area contributed by atoms with Crippen molar-refractivity contribution < 1.29 is 4.74 Å². The molecule has 0 bridgehead atoms. The van der Waals surface area contributed by atoms with Crippen molar-refractivity contribution in [2.24, 2.45) is 12.0 Å². The lowest BCUT2D eigenvalue weighted by atomic mass is 9.97. The predicted octanol–water partition coefficient (Wildman–Crippen LogP) is 2.85. The van der Waals surface area contributed by atoms with Gasteiger partial charge in [0.05, 0.1) is 6.10 Å². The van der Waals surface area contributed by atoms with Gasteiger partial charge in [0.25, 0.3) is 0 Å². The third-order valence-corrected chi connectivity index (χ3v) is 5.21. The normalized spacial score (nSPS) is 20.1. The van der Waals surface area contributed by atoms with E-state index in [9.17, 15) is 0 Å². The van der Waals surface area contributed by atoms with Crippen LogP contribution in [0.4, 0.5) is 0 Å². The van der Waals surface area contributed by atoms with Crippen LogP contribution in [0, 0.1) is 6.92 Å². The number of rotatable bonds is 7. The van der Waals surface area contributed by atoms with Crippen LogP contribution in [0.1, 0.15) is 56.6 Å². The summed E-state index contributed by atoms with van der Waals surface area (Å²) in [4.78, 5) is 4.71. The smallest absolute Gasteiger partial charge is 0.191 e. The maximum atomic E-state index is 5.71. The van der Waals surface area contributed by atoms with Crippen molar-refractivity contribution in [2.45, 2.75) is 64.5 Å². The number of guanidine groups is 1. The minimum atomic E-state index is 0. The number of ether oxygens (including phenoxy) is 1. The number of aryl methyl sites for hydroxylation is 1. The van der Waals surface area contributed by atoms with E-state index < -0.39 is 0 Å². The van der Waals surface area contributed by atoms with E-state index in [0.29, 0.717) is 12.6 Å². The molecule has 2 heterocycles. The average molecular weight is 488 g/mol. The second-order valence-electron chi connectivity index (χ2n) is 7.19.